The van der Waals surface area contributed by atoms with E-state index in [9.17, 15) is 0 Å². The third-order valence-corrected chi connectivity index (χ3v) is 1.88. The molecular weight excluding hydrogens is 122 g/mol. The van der Waals surface area contributed by atoms with Crippen LogP contribution in [0.1, 0.15) is 16.7 Å². The van der Waals surface area contributed by atoms with Gasteiger partial charge < -0.3 is 6.15 Å². The zero-order valence-electron chi connectivity index (χ0n) is 7.23. The highest BCUT2D eigenvalue weighted by atomic mass is 14.0. The quantitative estimate of drug-likeness (QED) is 0.572. The molecule has 0 fully saturated rings. The number of rotatable bonds is 0. The first-order chi connectivity index (χ1) is 4.22. The maximum absolute atomic E-state index is 2.16. The Hall–Kier alpha value is -0.820. The van der Waals surface area contributed by atoms with Crippen LogP contribution >= 0.6 is 0 Å². The minimum atomic E-state index is 0. The van der Waals surface area contributed by atoms with Crippen LogP contribution in [0.15, 0.2) is 18.2 Å². The summed E-state index contributed by atoms with van der Waals surface area (Å²) in [4.78, 5) is 0. The van der Waals surface area contributed by atoms with Gasteiger partial charge in [-0.05, 0) is 37.5 Å². The van der Waals surface area contributed by atoms with Crippen molar-refractivity contribution in [2.24, 2.45) is 0 Å². The van der Waals surface area contributed by atoms with Gasteiger partial charge in [0, 0.05) is 0 Å². The summed E-state index contributed by atoms with van der Waals surface area (Å²) in [5.74, 6) is 0. The Morgan fingerprint density at radius 2 is 1.30 bits per heavy atom. The van der Waals surface area contributed by atoms with Gasteiger partial charge in [0.1, 0.15) is 0 Å². The van der Waals surface area contributed by atoms with Gasteiger partial charge in [-0.1, -0.05) is 18.2 Å². The molecule has 4 N–H and O–H groups in total. The SMILES string of the molecule is Cc1cccc(C)c1C.[NH4+]. The Labute approximate surface area is 62.7 Å². The van der Waals surface area contributed by atoms with Crippen LogP contribution in [0.5, 0.6) is 0 Å². The zero-order valence-corrected chi connectivity index (χ0v) is 7.23. The van der Waals surface area contributed by atoms with Crippen molar-refractivity contribution in [2.45, 2.75) is 20.8 Å². The van der Waals surface area contributed by atoms with Crippen molar-refractivity contribution in [3.63, 3.8) is 0 Å². The fraction of sp³-hybridized carbons (Fsp3) is 0.333. The third-order valence-electron chi connectivity index (χ3n) is 1.88. The highest BCUT2D eigenvalue weighted by Crippen LogP contribution is 2.09. The molecule has 0 unspecified atom stereocenters. The molecule has 56 valence electrons. The maximum atomic E-state index is 2.16. The number of quaternary nitrogens is 1. The van der Waals surface area contributed by atoms with Gasteiger partial charge in [-0.25, -0.2) is 0 Å². The van der Waals surface area contributed by atoms with Crippen LogP contribution in [-0.4, -0.2) is 0 Å². The van der Waals surface area contributed by atoms with Crippen molar-refractivity contribution in [3.05, 3.63) is 34.9 Å². The molecule has 1 heteroatoms. The number of hydrogen-bond acceptors (Lipinski definition) is 0. The lowest BCUT2D eigenvalue weighted by atomic mass is 10.1. The van der Waals surface area contributed by atoms with Crippen LogP contribution in [0.4, 0.5) is 0 Å². The molecule has 0 aliphatic heterocycles. The van der Waals surface area contributed by atoms with Crippen molar-refractivity contribution in [2.75, 3.05) is 0 Å². The van der Waals surface area contributed by atoms with Crippen molar-refractivity contribution in [3.8, 4) is 0 Å². The van der Waals surface area contributed by atoms with Crippen molar-refractivity contribution in [1.82, 2.24) is 6.15 Å². The lowest BCUT2D eigenvalue weighted by Crippen LogP contribution is -1.82. The summed E-state index contributed by atoms with van der Waals surface area (Å²) in [7, 11) is 0. The van der Waals surface area contributed by atoms with Crippen LogP contribution < -0.4 is 6.15 Å². The molecule has 0 atom stereocenters. The molecule has 0 bridgehead atoms. The van der Waals surface area contributed by atoms with Crippen LogP contribution in [0.2, 0.25) is 0 Å². The van der Waals surface area contributed by atoms with E-state index in [2.05, 4.69) is 39.0 Å². The summed E-state index contributed by atoms with van der Waals surface area (Å²) in [6.45, 7) is 6.44. The monoisotopic (exact) mass is 138 g/mol. The minimum Gasteiger partial charge on any atom is -0.369 e. The van der Waals surface area contributed by atoms with Gasteiger partial charge in [0.25, 0.3) is 0 Å². The second kappa shape index (κ2) is 3.37. The van der Waals surface area contributed by atoms with Gasteiger partial charge >= 0.3 is 0 Å². The molecule has 1 aromatic carbocycles. The van der Waals surface area contributed by atoms with Crippen molar-refractivity contribution in [1.29, 1.82) is 0 Å². The van der Waals surface area contributed by atoms with E-state index in [1.807, 2.05) is 0 Å². The van der Waals surface area contributed by atoms with E-state index in [0.717, 1.165) is 0 Å². The van der Waals surface area contributed by atoms with Crippen LogP contribution in [-0.2, 0) is 0 Å². The van der Waals surface area contributed by atoms with Crippen LogP contribution in [0.25, 0.3) is 0 Å². The van der Waals surface area contributed by atoms with E-state index in [-0.39, 0.29) is 6.15 Å². The largest absolute Gasteiger partial charge is 0.369 e. The highest BCUT2D eigenvalue weighted by Gasteiger charge is 1.91. The molecular formula is C9H16N+. The standard InChI is InChI=1S/C9H12.H3N/c1-7-5-4-6-8(2)9(7)3;/h4-6H,1-3H3;1H3/p+1. The molecule has 1 rings (SSSR count). The Morgan fingerprint density at radius 1 is 0.900 bits per heavy atom. The van der Waals surface area contributed by atoms with Gasteiger partial charge in [0.05, 0.1) is 0 Å². The molecule has 0 spiro atoms. The minimum absolute atomic E-state index is 0. The van der Waals surface area contributed by atoms with E-state index in [0.29, 0.717) is 0 Å². The first-order valence-electron chi connectivity index (χ1n) is 3.24. The number of hydrogen-bond donors (Lipinski definition) is 1. The maximum Gasteiger partial charge on any atom is -0.0392 e. The van der Waals surface area contributed by atoms with E-state index < -0.39 is 0 Å². The Bertz CT molecular complexity index is 196. The highest BCUT2D eigenvalue weighted by molar-refractivity contribution is 5.31. The summed E-state index contributed by atoms with van der Waals surface area (Å²) < 4.78 is 0. The molecule has 0 aromatic heterocycles. The second-order valence-corrected chi connectivity index (χ2v) is 2.52. The van der Waals surface area contributed by atoms with E-state index in [1.165, 1.54) is 16.7 Å². The van der Waals surface area contributed by atoms with Crippen LogP contribution in [0, 0.1) is 20.8 Å². The molecule has 0 amide bonds. The number of benzene rings is 1. The molecule has 0 saturated carbocycles. The van der Waals surface area contributed by atoms with Crippen LogP contribution in [0.3, 0.4) is 0 Å². The average molecular weight is 138 g/mol. The van der Waals surface area contributed by atoms with E-state index in [4.69, 9.17) is 0 Å². The van der Waals surface area contributed by atoms with E-state index >= 15 is 0 Å². The summed E-state index contributed by atoms with van der Waals surface area (Å²) in [6.07, 6.45) is 0. The molecule has 1 nitrogen and oxygen atoms in total. The lowest BCUT2D eigenvalue weighted by molar-refractivity contribution is 1.27. The second-order valence-electron chi connectivity index (χ2n) is 2.52. The fourth-order valence-electron chi connectivity index (χ4n) is 0.898. The van der Waals surface area contributed by atoms with Gasteiger partial charge in [-0.15, -0.1) is 0 Å². The Kier molecular flexibility index (Phi) is 3.10. The average Bonchev–Trinajstić information content (AvgIpc) is 1.83. The first kappa shape index (κ1) is 9.18. The van der Waals surface area contributed by atoms with Crippen molar-refractivity contribution >= 4 is 0 Å². The predicted molar refractivity (Wildman–Crippen MR) is 46.6 cm³/mol. The normalized spacial score (nSPS) is 8.70. The summed E-state index contributed by atoms with van der Waals surface area (Å²) in [5.41, 5.74) is 4.18. The molecule has 0 radical (unpaired) electrons. The molecule has 0 heterocycles. The molecule has 0 aliphatic rings. The Morgan fingerprint density at radius 3 is 1.60 bits per heavy atom. The molecule has 10 heavy (non-hydrogen) atoms. The van der Waals surface area contributed by atoms with Gasteiger partial charge in [0.2, 0.25) is 0 Å². The zero-order chi connectivity index (χ0) is 6.85. The van der Waals surface area contributed by atoms with Gasteiger partial charge in [0.15, 0.2) is 0 Å². The third kappa shape index (κ3) is 1.58. The first-order valence-corrected chi connectivity index (χ1v) is 3.24. The van der Waals surface area contributed by atoms with Gasteiger partial charge in [-0.2, -0.15) is 0 Å². The Balaban J connectivity index is 0.000000810. The van der Waals surface area contributed by atoms with Gasteiger partial charge in [-0.3, -0.25) is 0 Å². The molecule has 1 aromatic rings. The summed E-state index contributed by atoms with van der Waals surface area (Å²) in [6, 6.07) is 6.38. The van der Waals surface area contributed by atoms with E-state index in [1.54, 1.807) is 0 Å². The topological polar surface area (TPSA) is 36.5 Å². The van der Waals surface area contributed by atoms with Crippen molar-refractivity contribution < 1.29 is 0 Å². The molecule has 0 aliphatic carbocycles. The summed E-state index contributed by atoms with van der Waals surface area (Å²) in [5, 5.41) is 0. The smallest absolute Gasteiger partial charge is 0.0392 e. The summed E-state index contributed by atoms with van der Waals surface area (Å²) >= 11 is 0. The lowest BCUT2D eigenvalue weighted by Gasteiger charge is -2.00. The fourth-order valence-corrected chi connectivity index (χ4v) is 0.898. The predicted octanol–water partition coefficient (Wildman–Crippen LogP) is 2.99. The molecule has 0 saturated heterocycles. The number of aryl methyl sites for hydroxylation is 2.